The second kappa shape index (κ2) is 8.96. The summed E-state index contributed by atoms with van der Waals surface area (Å²) in [5.74, 6) is -2.73. The first-order valence-corrected chi connectivity index (χ1v) is 8.22. The van der Waals surface area contributed by atoms with E-state index in [2.05, 4.69) is 14.8 Å². The minimum Gasteiger partial charge on any atom is -0.465 e. The first-order valence-electron chi connectivity index (χ1n) is 7.85. The molecule has 1 amide bonds. The minimum absolute atomic E-state index is 0.0310. The van der Waals surface area contributed by atoms with Gasteiger partial charge in [-0.25, -0.2) is 9.59 Å². The highest BCUT2D eigenvalue weighted by Crippen LogP contribution is 2.33. The maximum absolute atomic E-state index is 12.7. The van der Waals surface area contributed by atoms with Gasteiger partial charge in [-0.15, -0.1) is 0 Å². The number of ether oxygens (including phenoxy) is 2. The van der Waals surface area contributed by atoms with E-state index in [1.165, 1.54) is 12.1 Å². The molecule has 0 saturated carbocycles. The van der Waals surface area contributed by atoms with Gasteiger partial charge in [0.2, 0.25) is 0 Å². The van der Waals surface area contributed by atoms with Crippen LogP contribution >= 0.6 is 11.6 Å². The Bertz CT molecular complexity index is 1080. The van der Waals surface area contributed by atoms with Crippen molar-refractivity contribution in [2.75, 3.05) is 19.5 Å². The van der Waals surface area contributed by atoms with Crippen molar-refractivity contribution in [2.45, 2.75) is 0 Å². The van der Waals surface area contributed by atoms with Gasteiger partial charge in [-0.3, -0.25) is 25.0 Å². The Morgan fingerprint density at radius 3 is 2.10 bits per heavy atom. The summed E-state index contributed by atoms with van der Waals surface area (Å²) in [5, 5.41) is 23.8. The van der Waals surface area contributed by atoms with Gasteiger partial charge in [0.15, 0.2) is 0 Å². The monoisotopic (exact) mass is 437 g/mol. The van der Waals surface area contributed by atoms with Crippen LogP contribution in [0.25, 0.3) is 0 Å². The number of rotatable bonds is 6. The quantitative estimate of drug-likeness (QED) is 0.405. The summed E-state index contributed by atoms with van der Waals surface area (Å²) in [6.45, 7) is 0. The van der Waals surface area contributed by atoms with Gasteiger partial charge in [0, 0.05) is 6.07 Å². The number of amides is 1. The molecule has 2 aromatic carbocycles. The first-order chi connectivity index (χ1) is 14.1. The number of nitro groups is 2. The highest BCUT2D eigenvalue weighted by atomic mass is 35.5. The third-order valence-electron chi connectivity index (χ3n) is 3.78. The minimum atomic E-state index is -1.10. The van der Waals surface area contributed by atoms with Gasteiger partial charge in [-0.05, 0) is 18.2 Å². The maximum atomic E-state index is 12.7. The van der Waals surface area contributed by atoms with Crippen molar-refractivity contribution in [3.8, 4) is 0 Å². The summed E-state index contributed by atoms with van der Waals surface area (Å²) in [6, 6.07) is 4.89. The van der Waals surface area contributed by atoms with Gasteiger partial charge in [0.1, 0.15) is 5.02 Å². The molecule has 0 unspecified atom stereocenters. The van der Waals surface area contributed by atoms with Crippen molar-refractivity contribution >= 4 is 46.5 Å². The van der Waals surface area contributed by atoms with Crippen LogP contribution in [0.2, 0.25) is 5.02 Å². The lowest BCUT2D eigenvalue weighted by molar-refractivity contribution is -0.394. The molecule has 0 radical (unpaired) electrons. The predicted molar refractivity (Wildman–Crippen MR) is 102 cm³/mol. The molecule has 30 heavy (non-hydrogen) atoms. The number of methoxy groups -OCH3 is 2. The summed E-state index contributed by atoms with van der Waals surface area (Å²) in [4.78, 5) is 56.6. The second-order valence-electron chi connectivity index (χ2n) is 5.54. The third kappa shape index (κ3) is 4.50. The Kier molecular flexibility index (Phi) is 6.64. The molecule has 13 heteroatoms. The number of carbonyl (C=O) groups is 3. The lowest BCUT2D eigenvalue weighted by Gasteiger charge is -2.12. The zero-order valence-corrected chi connectivity index (χ0v) is 16.1. The van der Waals surface area contributed by atoms with E-state index in [0.717, 1.165) is 26.4 Å². The molecule has 12 nitrogen and oxygen atoms in total. The van der Waals surface area contributed by atoms with Crippen LogP contribution in [-0.2, 0) is 9.47 Å². The standard InChI is InChI=1S/C17H12ClN3O9/c1-29-16(23)8-3-4-10(17(24)30-2)12(5-8)19-15(22)11-6-9(20(25)26)7-13(14(11)18)21(27)28/h3-7H,1-2H3,(H,19,22). The summed E-state index contributed by atoms with van der Waals surface area (Å²) < 4.78 is 9.18. The molecular formula is C17H12ClN3O9. The molecule has 0 heterocycles. The van der Waals surface area contributed by atoms with Crippen molar-refractivity contribution < 1.29 is 33.7 Å². The van der Waals surface area contributed by atoms with Gasteiger partial charge < -0.3 is 14.8 Å². The van der Waals surface area contributed by atoms with Gasteiger partial charge in [0.25, 0.3) is 17.3 Å². The van der Waals surface area contributed by atoms with Crippen molar-refractivity contribution in [3.63, 3.8) is 0 Å². The molecule has 156 valence electrons. The van der Waals surface area contributed by atoms with Crippen LogP contribution < -0.4 is 5.32 Å². The van der Waals surface area contributed by atoms with Gasteiger partial charge in [-0.2, -0.15) is 0 Å². The topological polar surface area (TPSA) is 168 Å². The molecule has 0 aliphatic carbocycles. The molecule has 0 aliphatic heterocycles. The van der Waals surface area contributed by atoms with Crippen molar-refractivity contribution in [1.29, 1.82) is 0 Å². The molecule has 0 spiro atoms. The van der Waals surface area contributed by atoms with Crippen LogP contribution in [-0.4, -0.2) is 41.9 Å². The molecule has 1 N–H and O–H groups in total. The fourth-order valence-electron chi connectivity index (χ4n) is 2.37. The number of esters is 2. The van der Waals surface area contributed by atoms with E-state index in [4.69, 9.17) is 11.6 Å². The largest absolute Gasteiger partial charge is 0.465 e. The van der Waals surface area contributed by atoms with E-state index in [9.17, 15) is 34.6 Å². The predicted octanol–water partition coefficient (Wildman–Crippen LogP) is 2.98. The number of benzene rings is 2. The molecule has 0 fully saturated rings. The second-order valence-corrected chi connectivity index (χ2v) is 5.92. The fourth-order valence-corrected chi connectivity index (χ4v) is 2.63. The summed E-state index contributed by atoms with van der Waals surface area (Å²) >= 11 is 5.88. The Labute approximate surface area is 172 Å². The van der Waals surface area contributed by atoms with Crippen LogP contribution in [0.4, 0.5) is 17.1 Å². The van der Waals surface area contributed by atoms with Crippen molar-refractivity contribution in [3.05, 3.63) is 72.3 Å². The zero-order chi connectivity index (χ0) is 22.6. The van der Waals surface area contributed by atoms with Crippen molar-refractivity contribution in [1.82, 2.24) is 0 Å². The van der Waals surface area contributed by atoms with E-state index in [0.29, 0.717) is 6.07 Å². The normalized spacial score (nSPS) is 10.1. The number of nitrogens with one attached hydrogen (secondary N) is 1. The van der Waals surface area contributed by atoms with Crippen LogP contribution in [0, 0.1) is 20.2 Å². The lowest BCUT2D eigenvalue weighted by Crippen LogP contribution is -2.17. The van der Waals surface area contributed by atoms with Gasteiger partial charge >= 0.3 is 11.9 Å². The number of nitrogens with zero attached hydrogens (tertiary/aromatic N) is 2. The van der Waals surface area contributed by atoms with Crippen LogP contribution in [0.1, 0.15) is 31.1 Å². The number of carbonyl (C=O) groups excluding carboxylic acids is 3. The number of non-ortho nitro benzene ring substituents is 1. The number of halogens is 1. The Morgan fingerprint density at radius 2 is 1.57 bits per heavy atom. The molecule has 2 rings (SSSR count). The molecule has 0 aromatic heterocycles. The Balaban J connectivity index is 2.58. The SMILES string of the molecule is COC(=O)c1ccc(C(=O)OC)c(NC(=O)c2cc([N+](=O)[O-])cc([N+](=O)[O-])c2Cl)c1. The van der Waals surface area contributed by atoms with E-state index >= 15 is 0 Å². The van der Waals surface area contributed by atoms with Crippen molar-refractivity contribution in [2.24, 2.45) is 0 Å². The number of nitro benzene ring substituents is 2. The zero-order valence-electron chi connectivity index (χ0n) is 15.3. The highest BCUT2D eigenvalue weighted by Gasteiger charge is 2.27. The Hall–Kier alpha value is -4.06. The summed E-state index contributed by atoms with van der Waals surface area (Å²) in [6.07, 6.45) is 0. The summed E-state index contributed by atoms with van der Waals surface area (Å²) in [7, 11) is 2.21. The lowest BCUT2D eigenvalue weighted by atomic mass is 10.1. The molecular weight excluding hydrogens is 426 g/mol. The molecule has 0 aliphatic rings. The van der Waals surface area contributed by atoms with Gasteiger partial charge in [-0.1, -0.05) is 11.6 Å². The first kappa shape index (κ1) is 22.2. The van der Waals surface area contributed by atoms with Crippen LogP contribution in [0.15, 0.2) is 30.3 Å². The maximum Gasteiger partial charge on any atom is 0.339 e. The van der Waals surface area contributed by atoms with E-state index in [-0.39, 0.29) is 16.8 Å². The molecule has 2 aromatic rings. The van der Waals surface area contributed by atoms with E-state index in [1.54, 1.807) is 0 Å². The van der Waals surface area contributed by atoms with Crippen LogP contribution in [0.5, 0.6) is 0 Å². The number of hydrogen-bond donors (Lipinski definition) is 1. The van der Waals surface area contributed by atoms with E-state index < -0.39 is 49.7 Å². The Morgan fingerprint density at radius 1 is 0.933 bits per heavy atom. The number of anilines is 1. The van der Waals surface area contributed by atoms with E-state index in [1.807, 2.05) is 0 Å². The average molecular weight is 438 g/mol. The number of hydrogen-bond acceptors (Lipinski definition) is 9. The van der Waals surface area contributed by atoms with Crippen LogP contribution in [0.3, 0.4) is 0 Å². The molecule has 0 saturated heterocycles. The summed E-state index contributed by atoms with van der Waals surface area (Å²) in [5.41, 5.74) is -2.58. The third-order valence-corrected chi connectivity index (χ3v) is 4.18. The fraction of sp³-hybridized carbons (Fsp3) is 0.118. The highest BCUT2D eigenvalue weighted by molar-refractivity contribution is 6.36. The molecule has 0 bridgehead atoms. The smallest absolute Gasteiger partial charge is 0.339 e. The van der Waals surface area contributed by atoms with Gasteiger partial charge in [0.05, 0.1) is 52.5 Å². The molecule has 0 atom stereocenters. The average Bonchev–Trinajstić information content (AvgIpc) is 2.72.